The van der Waals surface area contributed by atoms with Crippen LogP contribution in [0, 0.1) is 5.92 Å². The lowest BCUT2D eigenvalue weighted by molar-refractivity contribution is -0.141. The molecular formula is C11H9F3N2O3. The third-order valence-corrected chi connectivity index (χ3v) is 2.83. The monoisotopic (exact) mass is 274 g/mol. The molecule has 0 radical (unpaired) electrons. The zero-order valence-corrected chi connectivity index (χ0v) is 9.52. The highest BCUT2D eigenvalue weighted by Crippen LogP contribution is 2.30. The molecule has 102 valence electrons. The minimum absolute atomic E-state index is 0.0294. The molecule has 1 N–H and O–H groups in total. The molecule has 0 aliphatic carbocycles. The Morgan fingerprint density at radius 1 is 1.42 bits per heavy atom. The average Bonchev–Trinajstić information content (AvgIpc) is 2.70. The van der Waals surface area contributed by atoms with Gasteiger partial charge in [-0.05, 0) is 12.1 Å². The summed E-state index contributed by atoms with van der Waals surface area (Å²) in [5, 5.41) is 8.80. The molecule has 1 fully saturated rings. The Labute approximate surface area is 105 Å². The highest BCUT2D eigenvalue weighted by molar-refractivity contribution is 5.98. The van der Waals surface area contributed by atoms with Crippen LogP contribution >= 0.6 is 0 Å². The molecule has 1 unspecified atom stereocenters. The molecule has 2 heterocycles. The van der Waals surface area contributed by atoms with Crippen molar-refractivity contribution in [2.24, 2.45) is 5.92 Å². The van der Waals surface area contributed by atoms with Gasteiger partial charge in [-0.3, -0.25) is 14.5 Å². The number of hydrogen-bond acceptors (Lipinski definition) is 3. The number of carboxylic acids is 1. The van der Waals surface area contributed by atoms with Crippen molar-refractivity contribution in [2.75, 3.05) is 11.4 Å². The number of halogens is 3. The molecule has 2 rings (SSSR count). The number of rotatable bonds is 2. The molecule has 0 spiro atoms. The van der Waals surface area contributed by atoms with Crippen molar-refractivity contribution in [2.45, 2.75) is 12.6 Å². The first kappa shape index (κ1) is 13.3. The minimum Gasteiger partial charge on any atom is -0.481 e. The molecule has 1 atom stereocenters. The van der Waals surface area contributed by atoms with Crippen LogP contribution in [-0.2, 0) is 15.8 Å². The van der Waals surface area contributed by atoms with Gasteiger partial charge in [0.1, 0.15) is 5.82 Å². The number of alkyl halides is 3. The van der Waals surface area contributed by atoms with Crippen molar-refractivity contribution in [1.29, 1.82) is 0 Å². The highest BCUT2D eigenvalue weighted by Gasteiger charge is 2.36. The third-order valence-electron chi connectivity index (χ3n) is 2.83. The average molecular weight is 274 g/mol. The van der Waals surface area contributed by atoms with Crippen molar-refractivity contribution in [3.63, 3.8) is 0 Å². The van der Waals surface area contributed by atoms with Gasteiger partial charge in [0.05, 0.1) is 11.5 Å². The summed E-state index contributed by atoms with van der Waals surface area (Å²) in [6, 6.07) is 1.87. The second-order valence-electron chi connectivity index (χ2n) is 4.15. The SMILES string of the molecule is O=C(O)C1CC(=O)N(c2ccc(C(F)(F)F)cn2)C1. The maximum Gasteiger partial charge on any atom is 0.417 e. The number of hydrogen-bond donors (Lipinski definition) is 1. The van der Waals surface area contributed by atoms with E-state index >= 15 is 0 Å². The van der Waals surface area contributed by atoms with Crippen LogP contribution in [0.5, 0.6) is 0 Å². The van der Waals surface area contributed by atoms with E-state index in [1.54, 1.807) is 0 Å². The Morgan fingerprint density at radius 3 is 2.53 bits per heavy atom. The zero-order chi connectivity index (χ0) is 14.2. The van der Waals surface area contributed by atoms with Gasteiger partial charge in [-0.1, -0.05) is 0 Å². The zero-order valence-electron chi connectivity index (χ0n) is 9.52. The normalized spacial score (nSPS) is 19.8. The van der Waals surface area contributed by atoms with Gasteiger partial charge in [0.15, 0.2) is 0 Å². The fourth-order valence-corrected chi connectivity index (χ4v) is 1.81. The largest absolute Gasteiger partial charge is 0.481 e. The van der Waals surface area contributed by atoms with E-state index in [0.29, 0.717) is 6.20 Å². The van der Waals surface area contributed by atoms with Crippen molar-refractivity contribution in [3.05, 3.63) is 23.9 Å². The quantitative estimate of drug-likeness (QED) is 0.888. The molecular weight excluding hydrogens is 265 g/mol. The van der Waals surface area contributed by atoms with Crippen LogP contribution in [0.4, 0.5) is 19.0 Å². The van der Waals surface area contributed by atoms with Crippen LogP contribution < -0.4 is 4.90 Å². The Morgan fingerprint density at radius 2 is 2.11 bits per heavy atom. The number of carbonyl (C=O) groups excluding carboxylic acids is 1. The van der Waals surface area contributed by atoms with Crippen LogP contribution in [0.3, 0.4) is 0 Å². The molecule has 1 aliphatic rings. The third kappa shape index (κ3) is 2.67. The summed E-state index contributed by atoms with van der Waals surface area (Å²) in [5.41, 5.74) is -0.919. The molecule has 0 saturated carbocycles. The number of aromatic nitrogens is 1. The van der Waals surface area contributed by atoms with E-state index in [0.717, 1.165) is 17.0 Å². The molecule has 5 nitrogen and oxygen atoms in total. The summed E-state index contributed by atoms with van der Waals surface area (Å²) in [4.78, 5) is 27.0. The van der Waals surface area contributed by atoms with Crippen LogP contribution in [0.15, 0.2) is 18.3 Å². The van der Waals surface area contributed by atoms with E-state index in [9.17, 15) is 22.8 Å². The molecule has 1 aromatic heterocycles. The summed E-state index contributed by atoms with van der Waals surface area (Å²) in [5.74, 6) is -2.39. The van der Waals surface area contributed by atoms with Gasteiger partial charge in [-0.15, -0.1) is 0 Å². The van der Waals surface area contributed by atoms with E-state index < -0.39 is 29.5 Å². The van der Waals surface area contributed by atoms with Crippen LogP contribution in [0.1, 0.15) is 12.0 Å². The molecule has 1 aromatic rings. The lowest BCUT2D eigenvalue weighted by Crippen LogP contribution is -2.26. The number of amides is 1. The summed E-state index contributed by atoms with van der Waals surface area (Å²) in [6.45, 7) is -0.0769. The maximum absolute atomic E-state index is 12.3. The molecule has 1 saturated heterocycles. The summed E-state index contributed by atoms with van der Waals surface area (Å²) in [6.07, 6.45) is -4.04. The predicted octanol–water partition coefficient (Wildman–Crippen LogP) is 1.54. The maximum atomic E-state index is 12.3. The molecule has 1 aliphatic heterocycles. The van der Waals surface area contributed by atoms with Crippen LogP contribution in [0.25, 0.3) is 0 Å². The second-order valence-corrected chi connectivity index (χ2v) is 4.15. The standard InChI is InChI=1S/C11H9F3N2O3/c12-11(13,14)7-1-2-8(15-4-7)16-5-6(10(18)19)3-9(16)17/h1-2,4,6H,3,5H2,(H,18,19). The van der Waals surface area contributed by atoms with Gasteiger partial charge in [0.2, 0.25) is 5.91 Å². The van der Waals surface area contributed by atoms with Gasteiger partial charge in [0.25, 0.3) is 0 Å². The van der Waals surface area contributed by atoms with Gasteiger partial charge in [-0.2, -0.15) is 13.2 Å². The number of anilines is 1. The number of aliphatic carboxylic acids is 1. The Kier molecular flexibility index (Phi) is 3.17. The van der Waals surface area contributed by atoms with Crippen molar-refractivity contribution >= 4 is 17.7 Å². The highest BCUT2D eigenvalue weighted by atomic mass is 19.4. The topological polar surface area (TPSA) is 70.5 Å². The van der Waals surface area contributed by atoms with Crippen LogP contribution in [-0.4, -0.2) is 28.5 Å². The fraction of sp³-hybridized carbons (Fsp3) is 0.364. The lowest BCUT2D eigenvalue weighted by Gasteiger charge is -2.15. The predicted molar refractivity (Wildman–Crippen MR) is 57.3 cm³/mol. The number of pyridine rings is 1. The first-order valence-corrected chi connectivity index (χ1v) is 5.35. The van der Waals surface area contributed by atoms with Gasteiger partial charge in [0, 0.05) is 19.2 Å². The fourth-order valence-electron chi connectivity index (χ4n) is 1.81. The molecule has 1 amide bonds. The Hall–Kier alpha value is -2.12. The molecule has 19 heavy (non-hydrogen) atoms. The van der Waals surface area contributed by atoms with Crippen molar-refractivity contribution in [1.82, 2.24) is 4.98 Å². The Bertz CT molecular complexity index is 513. The first-order chi connectivity index (χ1) is 8.79. The smallest absolute Gasteiger partial charge is 0.417 e. The number of nitrogens with zero attached hydrogens (tertiary/aromatic N) is 2. The van der Waals surface area contributed by atoms with E-state index in [2.05, 4.69) is 4.98 Å². The summed E-state index contributed by atoms with van der Waals surface area (Å²) < 4.78 is 37.0. The minimum atomic E-state index is -4.50. The Balaban J connectivity index is 2.19. The molecule has 8 heteroatoms. The summed E-state index contributed by atoms with van der Waals surface area (Å²) >= 11 is 0. The number of carboxylic acid groups (broad SMARTS) is 1. The number of carbonyl (C=O) groups is 2. The molecule has 0 aromatic carbocycles. The molecule has 0 bridgehead atoms. The van der Waals surface area contributed by atoms with E-state index in [1.807, 2.05) is 0 Å². The van der Waals surface area contributed by atoms with E-state index in [1.165, 1.54) is 0 Å². The first-order valence-electron chi connectivity index (χ1n) is 5.35. The lowest BCUT2D eigenvalue weighted by atomic mass is 10.1. The van der Waals surface area contributed by atoms with Gasteiger partial charge in [-0.25, -0.2) is 4.98 Å². The van der Waals surface area contributed by atoms with E-state index in [4.69, 9.17) is 5.11 Å². The van der Waals surface area contributed by atoms with Crippen molar-refractivity contribution in [3.8, 4) is 0 Å². The van der Waals surface area contributed by atoms with Gasteiger partial charge < -0.3 is 5.11 Å². The van der Waals surface area contributed by atoms with Crippen LogP contribution in [0.2, 0.25) is 0 Å². The van der Waals surface area contributed by atoms with Gasteiger partial charge >= 0.3 is 12.1 Å². The second kappa shape index (κ2) is 4.52. The van der Waals surface area contributed by atoms with E-state index in [-0.39, 0.29) is 18.8 Å². The van der Waals surface area contributed by atoms with Crippen molar-refractivity contribution < 1.29 is 27.9 Å². The summed E-state index contributed by atoms with van der Waals surface area (Å²) in [7, 11) is 0.